The van der Waals surface area contributed by atoms with Gasteiger partial charge in [0.2, 0.25) is 0 Å². The van der Waals surface area contributed by atoms with E-state index in [1.54, 1.807) is 0 Å². The molecule has 5 atom stereocenters. The van der Waals surface area contributed by atoms with Crippen molar-refractivity contribution in [1.82, 2.24) is 0 Å². The number of esters is 1. The number of rotatable bonds is 11. The molecule has 3 aromatic rings. The van der Waals surface area contributed by atoms with Gasteiger partial charge in [-0.25, -0.2) is 0 Å². The van der Waals surface area contributed by atoms with E-state index in [1.165, 1.54) is 6.92 Å². The van der Waals surface area contributed by atoms with E-state index in [1.807, 2.05) is 91.0 Å². The van der Waals surface area contributed by atoms with Crippen LogP contribution in [0.25, 0.3) is 0 Å². The maximum absolute atomic E-state index is 12.0. The van der Waals surface area contributed by atoms with Crippen LogP contribution in [0.2, 0.25) is 0 Å². The molecule has 36 heavy (non-hydrogen) atoms. The molecule has 0 radical (unpaired) electrons. The summed E-state index contributed by atoms with van der Waals surface area (Å²) in [6.07, 6.45) is -2.09. The second kappa shape index (κ2) is 13.9. The van der Waals surface area contributed by atoms with Crippen LogP contribution in [-0.4, -0.2) is 41.1 Å². The summed E-state index contributed by atoms with van der Waals surface area (Å²) in [6, 6.07) is 29.8. The highest BCUT2D eigenvalue weighted by Crippen LogP contribution is 2.33. The van der Waals surface area contributed by atoms with Gasteiger partial charge in [0.25, 0.3) is 0 Å². The van der Waals surface area contributed by atoms with E-state index in [0.29, 0.717) is 26.4 Å². The monoisotopic (exact) mass is 602 g/mol. The third-order valence-electron chi connectivity index (χ3n) is 5.84. The van der Waals surface area contributed by atoms with Gasteiger partial charge >= 0.3 is 5.97 Å². The van der Waals surface area contributed by atoms with Gasteiger partial charge in [-0.1, -0.05) is 91.0 Å². The topological polar surface area (TPSA) is 63.2 Å². The number of hydrogen-bond acceptors (Lipinski definition) is 6. The van der Waals surface area contributed by atoms with Gasteiger partial charge < -0.3 is 23.7 Å². The smallest absolute Gasteiger partial charge is 0.303 e. The van der Waals surface area contributed by atoms with E-state index in [0.717, 1.165) is 16.7 Å². The number of benzene rings is 3. The van der Waals surface area contributed by atoms with Crippen molar-refractivity contribution in [2.45, 2.75) is 55.3 Å². The molecule has 1 heterocycles. The van der Waals surface area contributed by atoms with Gasteiger partial charge in [0.05, 0.1) is 26.4 Å². The van der Waals surface area contributed by atoms with Crippen LogP contribution < -0.4 is 0 Å². The van der Waals surface area contributed by atoms with Gasteiger partial charge in [0.15, 0.2) is 6.10 Å². The number of ether oxygens (including phenoxy) is 5. The van der Waals surface area contributed by atoms with Gasteiger partial charge in [0.1, 0.15) is 22.4 Å². The number of carbonyl (C=O) groups excluding carboxylic acids is 1. The molecule has 6 nitrogen and oxygen atoms in total. The first-order valence-electron chi connectivity index (χ1n) is 12.0. The molecule has 0 aliphatic carbocycles. The maximum Gasteiger partial charge on any atom is 0.303 e. The molecule has 0 amide bonds. The van der Waals surface area contributed by atoms with Crippen LogP contribution in [0.4, 0.5) is 0 Å². The molecule has 0 N–H and O–H groups in total. The maximum atomic E-state index is 12.0. The summed E-state index contributed by atoms with van der Waals surface area (Å²) in [6.45, 7) is 2.89. The molecule has 1 saturated heterocycles. The summed E-state index contributed by atoms with van der Waals surface area (Å²) in [5, 5.41) is 0. The molecule has 0 spiro atoms. The molecular formula is C29H31IO6. The molecule has 190 valence electrons. The van der Waals surface area contributed by atoms with Crippen molar-refractivity contribution in [3.63, 3.8) is 0 Å². The number of halogens is 1. The minimum absolute atomic E-state index is 0.311. The Balaban J connectivity index is 1.53. The van der Waals surface area contributed by atoms with Gasteiger partial charge in [-0.15, -0.1) is 0 Å². The first kappa shape index (κ1) is 26.8. The fourth-order valence-corrected chi connectivity index (χ4v) is 5.04. The lowest BCUT2D eigenvalue weighted by Gasteiger charge is -2.44. The summed E-state index contributed by atoms with van der Waals surface area (Å²) in [5.41, 5.74) is 3.13. The summed E-state index contributed by atoms with van der Waals surface area (Å²) in [4.78, 5) is 12.0. The van der Waals surface area contributed by atoms with Gasteiger partial charge in [0, 0.05) is 6.92 Å². The average molecular weight is 602 g/mol. The summed E-state index contributed by atoms with van der Waals surface area (Å²) >= 11 is 2.16. The third-order valence-corrected chi connectivity index (χ3v) is 6.85. The molecule has 1 fully saturated rings. The summed E-state index contributed by atoms with van der Waals surface area (Å²) in [5.74, 6) is -0.390. The molecule has 0 bridgehead atoms. The highest BCUT2D eigenvalue weighted by Gasteiger charge is 2.48. The normalized spacial score (nSPS) is 23.8. The van der Waals surface area contributed by atoms with E-state index >= 15 is 0 Å². The lowest BCUT2D eigenvalue weighted by Crippen LogP contribution is -2.60. The van der Waals surface area contributed by atoms with Crippen molar-refractivity contribution in [3.05, 3.63) is 108 Å². The van der Waals surface area contributed by atoms with Crippen LogP contribution in [-0.2, 0) is 48.3 Å². The van der Waals surface area contributed by atoms with Gasteiger partial charge in [-0.3, -0.25) is 4.79 Å². The van der Waals surface area contributed by atoms with E-state index in [9.17, 15) is 4.79 Å². The fraction of sp³-hybridized carbons (Fsp3) is 0.345. The second-order valence-electron chi connectivity index (χ2n) is 8.62. The Hall–Kier alpha value is -2.30. The van der Waals surface area contributed by atoms with E-state index in [2.05, 4.69) is 22.6 Å². The SMILES string of the molecule is CC(=O)O[C@H]1[C@@H](OCc2ccccc2)[C@H](OCc2ccccc2)[C@@H](COCc2ccccc2)O[C@@H]1I. The predicted octanol–water partition coefficient (Wildman–Crippen LogP) is 5.47. The molecule has 1 aliphatic rings. The van der Waals surface area contributed by atoms with Gasteiger partial charge in [-0.05, 0) is 39.3 Å². The Kier molecular flexibility index (Phi) is 10.3. The average Bonchev–Trinajstić information content (AvgIpc) is 2.90. The summed E-state index contributed by atoms with van der Waals surface area (Å²) < 4.78 is 30.4. The Morgan fingerprint density at radius 2 is 1.19 bits per heavy atom. The Morgan fingerprint density at radius 1 is 0.722 bits per heavy atom. The lowest BCUT2D eigenvalue weighted by atomic mass is 9.99. The van der Waals surface area contributed by atoms with Crippen molar-refractivity contribution < 1.29 is 28.5 Å². The van der Waals surface area contributed by atoms with E-state index < -0.39 is 28.5 Å². The van der Waals surface area contributed by atoms with Crippen LogP contribution in [0.3, 0.4) is 0 Å². The van der Waals surface area contributed by atoms with E-state index in [-0.39, 0.29) is 5.97 Å². The van der Waals surface area contributed by atoms with Gasteiger partial charge in [-0.2, -0.15) is 0 Å². The zero-order valence-electron chi connectivity index (χ0n) is 20.2. The first-order chi connectivity index (χ1) is 17.6. The molecule has 7 heteroatoms. The standard InChI is InChI=1S/C29H31IO6/c1-21(31)35-28-27(34-19-24-15-9-4-10-16-24)26(33-18-23-13-7-3-8-14-23)25(36-29(28)30)20-32-17-22-11-5-2-6-12-22/h2-16,25-29H,17-20H2,1H3/t25-,26-,27+,28+,29+/m1/s1. The van der Waals surface area contributed by atoms with Crippen molar-refractivity contribution in [3.8, 4) is 0 Å². The number of carbonyl (C=O) groups is 1. The molecule has 0 aromatic heterocycles. The van der Waals surface area contributed by atoms with Crippen molar-refractivity contribution >= 4 is 28.6 Å². The zero-order chi connectivity index (χ0) is 25.2. The quantitative estimate of drug-likeness (QED) is 0.165. The van der Waals surface area contributed by atoms with Crippen LogP contribution >= 0.6 is 22.6 Å². The molecule has 4 rings (SSSR count). The highest BCUT2D eigenvalue weighted by atomic mass is 127. The molecule has 0 saturated carbocycles. The highest BCUT2D eigenvalue weighted by molar-refractivity contribution is 14.1. The van der Waals surface area contributed by atoms with E-state index in [4.69, 9.17) is 23.7 Å². The zero-order valence-corrected chi connectivity index (χ0v) is 22.4. The minimum Gasteiger partial charge on any atom is -0.456 e. The molecule has 3 aromatic carbocycles. The molecular weight excluding hydrogens is 571 g/mol. The third kappa shape index (κ3) is 7.85. The minimum atomic E-state index is -0.627. The number of alkyl halides is 1. The fourth-order valence-electron chi connectivity index (χ4n) is 4.11. The molecule has 0 unspecified atom stereocenters. The van der Waals surface area contributed by atoms with Crippen molar-refractivity contribution in [2.75, 3.05) is 6.61 Å². The largest absolute Gasteiger partial charge is 0.456 e. The lowest BCUT2D eigenvalue weighted by molar-refractivity contribution is -0.246. The van der Waals surface area contributed by atoms with Crippen LogP contribution in [0, 0.1) is 0 Å². The Labute approximate surface area is 226 Å². The number of hydrogen-bond donors (Lipinski definition) is 0. The second-order valence-corrected chi connectivity index (χ2v) is 9.85. The predicted molar refractivity (Wildman–Crippen MR) is 144 cm³/mol. The van der Waals surface area contributed by atoms with Crippen LogP contribution in [0.1, 0.15) is 23.6 Å². The Morgan fingerprint density at radius 3 is 1.69 bits per heavy atom. The summed E-state index contributed by atoms with van der Waals surface area (Å²) in [7, 11) is 0. The van der Waals surface area contributed by atoms with Crippen LogP contribution in [0.15, 0.2) is 91.0 Å². The van der Waals surface area contributed by atoms with Crippen molar-refractivity contribution in [1.29, 1.82) is 0 Å². The Bertz CT molecular complexity index is 1050. The van der Waals surface area contributed by atoms with Crippen molar-refractivity contribution in [2.24, 2.45) is 0 Å². The van der Waals surface area contributed by atoms with Crippen LogP contribution in [0.5, 0.6) is 0 Å². The molecule has 1 aliphatic heterocycles. The first-order valence-corrected chi connectivity index (χ1v) is 13.2.